The highest BCUT2D eigenvalue weighted by Crippen LogP contribution is 2.36. The number of hydrogen-bond acceptors (Lipinski definition) is 7. The molecule has 0 saturated heterocycles. The lowest BCUT2D eigenvalue weighted by molar-refractivity contribution is -0.141. The molecular weight excluding hydrogens is 472 g/mol. The van der Waals surface area contributed by atoms with Gasteiger partial charge in [0.05, 0.1) is 24.0 Å². The van der Waals surface area contributed by atoms with Crippen LogP contribution in [-0.2, 0) is 14.3 Å². The van der Waals surface area contributed by atoms with E-state index in [-0.39, 0.29) is 24.0 Å². The SMILES string of the molecule is C[C@@H](CCOC(=O)CS)[C@@H](OC(=O)Nc1ccc(C#N)cc1)c1cc(Br)ccc1O. The minimum Gasteiger partial charge on any atom is -0.508 e. The lowest BCUT2D eigenvalue weighted by Gasteiger charge is -2.25. The van der Waals surface area contributed by atoms with E-state index in [1.807, 2.05) is 13.0 Å². The number of esters is 1. The number of nitrogens with one attached hydrogen (secondary N) is 1. The Morgan fingerprint density at radius 2 is 1.97 bits per heavy atom. The van der Waals surface area contributed by atoms with Crippen molar-refractivity contribution in [2.45, 2.75) is 19.4 Å². The quantitative estimate of drug-likeness (QED) is 0.360. The summed E-state index contributed by atoms with van der Waals surface area (Å²) in [4.78, 5) is 23.8. The largest absolute Gasteiger partial charge is 0.508 e. The molecule has 0 unspecified atom stereocenters. The fraction of sp³-hybridized carbons (Fsp3) is 0.286. The summed E-state index contributed by atoms with van der Waals surface area (Å²) in [6.07, 6.45) is -1.11. The van der Waals surface area contributed by atoms with Crippen LogP contribution >= 0.6 is 28.6 Å². The van der Waals surface area contributed by atoms with Crippen molar-refractivity contribution in [1.29, 1.82) is 5.26 Å². The highest BCUT2D eigenvalue weighted by Gasteiger charge is 2.27. The van der Waals surface area contributed by atoms with E-state index in [0.29, 0.717) is 27.7 Å². The molecule has 0 aliphatic rings. The van der Waals surface area contributed by atoms with Crippen LogP contribution in [0.1, 0.15) is 30.6 Å². The summed E-state index contributed by atoms with van der Waals surface area (Å²) in [5.74, 6) is -0.752. The van der Waals surface area contributed by atoms with Gasteiger partial charge in [0.2, 0.25) is 0 Å². The average molecular weight is 493 g/mol. The number of phenols is 1. The number of carbonyl (C=O) groups is 2. The minimum absolute atomic E-state index is 0.0198. The normalized spacial score (nSPS) is 12.3. The predicted molar refractivity (Wildman–Crippen MR) is 118 cm³/mol. The van der Waals surface area contributed by atoms with Crippen LogP contribution in [0.3, 0.4) is 0 Å². The van der Waals surface area contributed by atoms with Gasteiger partial charge in [-0.25, -0.2) is 4.79 Å². The maximum atomic E-state index is 12.5. The van der Waals surface area contributed by atoms with E-state index in [1.165, 1.54) is 6.07 Å². The predicted octanol–water partition coefficient (Wildman–Crippen LogP) is 4.82. The number of carbonyl (C=O) groups excluding carboxylic acids is 2. The van der Waals surface area contributed by atoms with Gasteiger partial charge < -0.3 is 14.6 Å². The molecule has 158 valence electrons. The van der Waals surface area contributed by atoms with Gasteiger partial charge in [-0.15, -0.1) is 0 Å². The molecule has 2 rings (SSSR count). The van der Waals surface area contributed by atoms with Crippen molar-refractivity contribution in [3.8, 4) is 11.8 Å². The van der Waals surface area contributed by atoms with E-state index in [2.05, 4.69) is 33.9 Å². The zero-order valence-corrected chi connectivity index (χ0v) is 18.7. The number of halogens is 1. The topological polar surface area (TPSA) is 109 Å². The Morgan fingerprint density at radius 3 is 2.60 bits per heavy atom. The van der Waals surface area contributed by atoms with Crippen molar-refractivity contribution in [3.63, 3.8) is 0 Å². The second-order valence-electron chi connectivity index (χ2n) is 6.49. The third-order valence-electron chi connectivity index (χ3n) is 4.27. The van der Waals surface area contributed by atoms with E-state index in [9.17, 15) is 14.7 Å². The number of thiol groups is 1. The van der Waals surface area contributed by atoms with Gasteiger partial charge >= 0.3 is 12.1 Å². The Bertz CT molecular complexity index is 930. The summed E-state index contributed by atoms with van der Waals surface area (Å²) in [6, 6.07) is 13.2. The molecule has 0 fully saturated rings. The summed E-state index contributed by atoms with van der Waals surface area (Å²) >= 11 is 7.22. The molecule has 0 radical (unpaired) electrons. The fourth-order valence-corrected chi connectivity index (χ4v) is 3.16. The number of nitriles is 1. The zero-order valence-electron chi connectivity index (χ0n) is 16.2. The third kappa shape index (κ3) is 6.97. The molecule has 2 atom stereocenters. The monoisotopic (exact) mass is 492 g/mol. The summed E-state index contributed by atoms with van der Waals surface area (Å²) in [5.41, 5.74) is 1.36. The Labute approximate surface area is 188 Å². The summed E-state index contributed by atoms with van der Waals surface area (Å²) in [5, 5.41) is 21.8. The van der Waals surface area contributed by atoms with Crippen LogP contribution in [0.5, 0.6) is 5.75 Å². The molecule has 2 N–H and O–H groups in total. The first kappa shape index (κ1) is 23.6. The first-order valence-electron chi connectivity index (χ1n) is 9.06. The molecule has 2 aromatic rings. The Balaban J connectivity index is 2.15. The Hall–Kier alpha value is -2.70. The number of amides is 1. The van der Waals surface area contributed by atoms with Crippen molar-refractivity contribution >= 4 is 46.3 Å². The minimum atomic E-state index is -0.796. The number of anilines is 1. The second kappa shape index (κ2) is 11.5. The number of nitrogens with zero attached hydrogens (tertiary/aromatic N) is 1. The molecule has 0 spiro atoms. The van der Waals surface area contributed by atoms with Gasteiger partial charge in [0, 0.05) is 21.6 Å². The van der Waals surface area contributed by atoms with E-state index >= 15 is 0 Å². The number of aromatic hydroxyl groups is 1. The third-order valence-corrected chi connectivity index (χ3v) is 5.02. The molecule has 0 aromatic heterocycles. The van der Waals surface area contributed by atoms with E-state index in [1.54, 1.807) is 36.4 Å². The Kier molecular flexibility index (Phi) is 9.02. The van der Waals surface area contributed by atoms with Crippen molar-refractivity contribution in [2.24, 2.45) is 5.92 Å². The fourth-order valence-electron chi connectivity index (χ4n) is 2.69. The highest BCUT2D eigenvalue weighted by atomic mass is 79.9. The first-order valence-corrected chi connectivity index (χ1v) is 10.5. The van der Waals surface area contributed by atoms with Crippen molar-refractivity contribution in [2.75, 3.05) is 17.7 Å². The number of ether oxygens (including phenoxy) is 2. The molecular formula is C21H21BrN2O5S. The van der Waals surface area contributed by atoms with Gasteiger partial charge in [-0.3, -0.25) is 10.1 Å². The summed E-state index contributed by atoms with van der Waals surface area (Å²) in [6.45, 7) is 1.96. The van der Waals surface area contributed by atoms with Crippen molar-refractivity contribution in [1.82, 2.24) is 0 Å². The maximum absolute atomic E-state index is 12.5. The van der Waals surface area contributed by atoms with Crippen molar-refractivity contribution in [3.05, 3.63) is 58.1 Å². The summed E-state index contributed by atoms with van der Waals surface area (Å²) < 4.78 is 11.4. The molecule has 1 amide bonds. The molecule has 0 heterocycles. The highest BCUT2D eigenvalue weighted by molar-refractivity contribution is 9.10. The van der Waals surface area contributed by atoms with Crippen LogP contribution in [0.15, 0.2) is 46.9 Å². The van der Waals surface area contributed by atoms with Crippen LogP contribution in [-0.4, -0.2) is 29.5 Å². The molecule has 30 heavy (non-hydrogen) atoms. The van der Waals surface area contributed by atoms with Crippen LogP contribution < -0.4 is 5.32 Å². The van der Waals surface area contributed by atoms with Gasteiger partial charge in [-0.2, -0.15) is 17.9 Å². The van der Waals surface area contributed by atoms with Gasteiger partial charge in [-0.05, 0) is 48.9 Å². The number of phenolic OH excluding ortho intramolecular Hbond substituents is 1. The van der Waals surface area contributed by atoms with E-state index in [4.69, 9.17) is 14.7 Å². The Morgan fingerprint density at radius 1 is 1.27 bits per heavy atom. The first-order chi connectivity index (χ1) is 14.3. The lowest BCUT2D eigenvalue weighted by Crippen LogP contribution is -2.23. The van der Waals surface area contributed by atoms with Gasteiger partial charge in [0.25, 0.3) is 0 Å². The molecule has 9 heteroatoms. The number of hydrogen-bond donors (Lipinski definition) is 3. The molecule has 0 aliphatic heterocycles. The standard InChI is InChI=1S/C21H21BrN2O5S/c1-13(8-9-28-19(26)12-30)20(17-10-15(22)4-7-18(17)25)29-21(27)24-16-5-2-14(11-23)3-6-16/h2-7,10,13,20,25,30H,8-9,12H2,1H3,(H,24,27)/t13-,20+/m0/s1. The molecule has 0 saturated carbocycles. The number of rotatable bonds is 8. The average Bonchev–Trinajstić information content (AvgIpc) is 2.74. The van der Waals surface area contributed by atoms with Crippen LogP contribution in [0, 0.1) is 17.2 Å². The second-order valence-corrected chi connectivity index (χ2v) is 7.72. The number of benzene rings is 2. The maximum Gasteiger partial charge on any atom is 0.412 e. The molecule has 7 nitrogen and oxygen atoms in total. The lowest BCUT2D eigenvalue weighted by atomic mass is 9.94. The van der Waals surface area contributed by atoms with Crippen LogP contribution in [0.25, 0.3) is 0 Å². The summed E-state index contributed by atoms with van der Waals surface area (Å²) in [7, 11) is 0. The van der Waals surface area contributed by atoms with Crippen LogP contribution in [0.2, 0.25) is 0 Å². The van der Waals surface area contributed by atoms with Gasteiger partial charge in [0.1, 0.15) is 11.9 Å². The smallest absolute Gasteiger partial charge is 0.412 e. The van der Waals surface area contributed by atoms with E-state index < -0.39 is 18.2 Å². The van der Waals surface area contributed by atoms with Crippen LogP contribution in [0.4, 0.5) is 10.5 Å². The zero-order chi connectivity index (χ0) is 22.1. The molecule has 0 bridgehead atoms. The van der Waals surface area contributed by atoms with Crippen molar-refractivity contribution < 1.29 is 24.2 Å². The molecule has 0 aliphatic carbocycles. The van der Waals surface area contributed by atoms with Gasteiger partial charge in [-0.1, -0.05) is 22.9 Å². The molecule has 2 aromatic carbocycles. The van der Waals surface area contributed by atoms with E-state index in [0.717, 1.165) is 0 Å². The van der Waals surface area contributed by atoms with Gasteiger partial charge in [0.15, 0.2) is 0 Å².